The molecule has 0 aliphatic carbocycles. The van der Waals surface area contributed by atoms with Crippen LogP contribution in [0.2, 0.25) is 0 Å². The first-order chi connectivity index (χ1) is 12.6. The molecule has 1 aliphatic rings. The van der Waals surface area contributed by atoms with Gasteiger partial charge in [0.05, 0.1) is 23.3 Å². The van der Waals surface area contributed by atoms with Crippen molar-refractivity contribution in [1.29, 1.82) is 0 Å². The van der Waals surface area contributed by atoms with Crippen molar-refractivity contribution in [2.75, 3.05) is 29.5 Å². The second-order valence-corrected chi connectivity index (χ2v) is 7.12. The molecule has 5 nitrogen and oxygen atoms in total. The molecule has 0 atom stereocenters. The third kappa shape index (κ3) is 5.65. The number of aryl methyl sites for hydroxylation is 1. The summed E-state index contributed by atoms with van der Waals surface area (Å²) in [6.45, 7) is 5.28. The second kappa shape index (κ2) is 10.4. The summed E-state index contributed by atoms with van der Waals surface area (Å²) in [5, 5.41) is 4.61. The molecule has 1 amide bonds. The van der Waals surface area contributed by atoms with Gasteiger partial charge in [0.15, 0.2) is 0 Å². The molecule has 0 radical (unpaired) electrons. The number of halogens is 2. The van der Waals surface area contributed by atoms with Crippen LogP contribution in [0.25, 0.3) is 5.70 Å². The predicted molar refractivity (Wildman–Crippen MR) is 104 cm³/mol. The van der Waals surface area contributed by atoms with E-state index in [4.69, 9.17) is 0 Å². The number of dihydropyridines is 1. The Morgan fingerprint density at radius 1 is 1.38 bits per heavy atom. The zero-order valence-electron chi connectivity index (χ0n) is 15.3. The summed E-state index contributed by atoms with van der Waals surface area (Å²) in [5.41, 5.74) is 2.60. The van der Waals surface area contributed by atoms with Gasteiger partial charge >= 0.3 is 0 Å². The average Bonchev–Trinajstić information content (AvgIpc) is 3.06. The molecule has 0 saturated heterocycles. The van der Waals surface area contributed by atoms with Crippen LogP contribution >= 0.6 is 11.8 Å². The third-order valence-electron chi connectivity index (χ3n) is 4.05. The maximum absolute atomic E-state index is 12.6. The topological polar surface area (TPSA) is 50.5 Å². The number of carbonyl (C=O) groups is 1. The molecule has 0 unspecified atom stereocenters. The van der Waals surface area contributed by atoms with E-state index in [0.717, 1.165) is 36.5 Å². The van der Waals surface area contributed by atoms with Crippen molar-refractivity contribution in [2.24, 2.45) is 4.99 Å². The van der Waals surface area contributed by atoms with Crippen LogP contribution in [0.3, 0.4) is 0 Å². The van der Waals surface area contributed by atoms with Crippen LogP contribution in [0.4, 0.5) is 14.5 Å². The Hall–Kier alpha value is -1.70. The number of aliphatic imine (C=N–C) groups is 1. The summed E-state index contributed by atoms with van der Waals surface area (Å²) < 4.78 is 26.1. The predicted octanol–water partition coefficient (Wildman–Crippen LogP) is 3.89. The summed E-state index contributed by atoms with van der Waals surface area (Å²) in [7, 11) is 0. The molecule has 1 aliphatic heterocycles. The minimum Gasteiger partial charge on any atom is -0.310 e. The maximum Gasteiger partial charge on any atom is 0.239 e. The number of hydrogen-bond donors (Lipinski definition) is 0. The van der Waals surface area contributed by atoms with Gasteiger partial charge in [0.2, 0.25) is 12.3 Å². The number of amides is 1. The Morgan fingerprint density at radius 2 is 2.19 bits per heavy atom. The van der Waals surface area contributed by atoms with Gasteiger partial charge in [0.1, 0.15) is 0 Å². The molecule has 144 valence electrons. The van der Waals surface area contributed by atoms with E-state index in [1.165, 1.54) is 11.8 Å². The van der Waals surface area contributed by atoms with E-state index in [-0.39, 0.29) is 12.3 Å². The Bertz CT molecular complexity index is 658. The number of alkyl halides is 2. The average molecular weight is 384 g/mol. The molecular weight excluding hydrogens is 358 g/mol. The number of allylic oxidation sites excluding steroid dienone is 1. The van der Waals surface area contributed by atoms with E-state index >= 15 is 0 Å². The van der Waals surface area contributed by atoms with Gasteiger partial charge in [-0.05, 0) is 25.5 Å². The molecule has 2 heterocycles. The number of thioether (sulfide) groups is 1. The lowest BCUT2D eigenvalue weighted by Gasteiger charge is -2.20. The van der Waals surface area contributed by atoms with E-state index in [1.807, 2.05) is 20.0 Å². The van der Waals surface area contributed by atoms with Crippen LogP contribution in [0.5, 0.6) is 0 Å². The highest BCUT2D eigenvalue weighted by atomic mass is 32.2. The molecule has 0 spiro atoms. The first kappa shape index (κ1) is 20.6. The van der Waals surface area contributed by atoms with Gasteiger partial charge in [-0.3, -0.25) is 9.79 Å². The van der Waals surface area contributed by atoms with Crippen LogP contribution < -0.4 is 4.90 Å². The van der Waals surface area contributed by atoms with Crippen molar-refractivity contribution < 1.29 is 13.6 Å². The Balaban J connectivity index is 2.03. The second-order valence-electron chi connectivity index (χ2n) is 5.89. The van der Waals surface area contributed by atoms with Crippen LogP contribution in [0.1, 0.15) is 38.8 Å². The van der Waals surface area contributed by atoms with Gasteiger partial charge in [-0.15, -0.1) is 0 Å². The fourth-order valence-electron chi connectivity index (χ4n) is 2.71. The standard InChI is InChI=1S/C18H26F2N4OS/c1-3-15-16(13-24(22-15)14-6-5-9-21-12-14)23(4-2)18(25)8-11-26-10-7-17(19)20/h6,12-13,17H,3-5,7-11H2,1-2H3. The van der Waals surface area contributed by atoms with Crippen LogP contribution in [-0.4, -0.2) is 52.9 Å². The first-order valence-electron chi connectivity index (χ1n) is 9.02. The largest absolute Gasteiger partial charge is 0.310 e. The number of hydrogen-bond acceptors (Lipinski definition) is 4. The lowest BCUT2D eigenvalue weighted by Crippen LogP contribution is -2.31. The molecule has 1 aromatic heterocycles. The fraction of sp³-hybridized carbons (Fsp3) is 0.611. The molecule has 0 saturated carbocycles. The van der Waals surface area contributed by atoms with Gasteiger partial charge in [-0.25, -0.2) is 13.5 Å². The highest BCUT2D eigenvalue weighted by Crippen LogP contribution is 2.23. The van der Waals surface area contributed by atoms with E-state index in [2.05, 4.69) is 16.2 Å². The molecule has 26 heavy (non-hydrogen) atoms. The zero-order chi connectivity index (χ0) is 18.9. The molecule has 0 aromatic carbocycles. The van der Waals surface area contributed by atoms with Crippen molar-refractivity contribution in [1.82, 2.24) is 9.78 Å². The first-order valence-corrected chi connectivity index (χ1v) is 10.2. The third-order valence-corrected chi connectivity index (χ3v) is 5.07. The summed E-state index contributed by atoms with van der Waals surface area (Å²) in [5.74, 6) is 0.926. The normalized spacial score (nSPS) is 14.0. The molecule has 0 fully saturated rings. The zero-order valence-corrected chi connectivity index (χ0v) is 16.1. The van der Waals surface area contributed by atoms with E-state index in [9.17, 15) is 13.6 Å². The Labute approximate surface area is 157 Å². The van der Waals surface area contributed by atoms with Crippen LogP contribution in [0.15, 0.2) is 17.3 Å². The highest BCUT2D eigenvalue weighted by molar-refractivity contribution is 7.99. The Morgan fingerprint density at radius 3 is 2.81 bits per heavy atom. The van der Waals surface area contributed by atoms with Crippen molar-refractivity contribution in [2.45, 2.75) is 46.0 Å². The molecule has 0 N–H and O–H groups in total. The molecule has 8 heteroatoms. The monoisotopic (exact) mass is 384 g/mol. The lowest BCUT2D eigenvalue weighted by molar-refractivity contribution is -0.118. The summed E-state index contributed by atoms with van der Waals surface area (Å²) in [6.07, 6.45) is 5.31. The van der Waals surface area contributed by atoms with Crippen molar-refractivity contribution >= 4 is 35.3 Å². The molecule has 2 rings (SSSR count). The minimum atomic E-state index is -2.28. The summed E-state index contributed by atoms with van der Waals surface area (Å²) in [6, 6.07) is 0. The number of nitrogens with zero attached hydrogens (tertiary/aromatic N) is 4. The highest BCUT2D eigenvalue weighted by Gasteiger charge is 2.20. The van der Waals surface area contributed by atoms with E-state index < -0.39 is 6.43 Å². The SMILES string of the molecule is CCc1nn(C2=CCCN=C2)cc1N(CC)C(=O)CCSCCC(F)F. The Kier molecular flexibility index (Phi) is 8.28. The van der Waals surface area contributed by atoms with Gasteiger partial charge in [-0.2, -0.15) is 16.9 Å². The number of aromatic nitrogens is 2. The van der Waals surface area contributed by atoms with Crippen LogP contribution in [0, 0.1) is 0 Å². The molecule has 0 bridgehead atoms. The van der Waals surface area contributed by atoms with Crippen molar-refractivity contribution in [3.63, 3.8) is 0 Å². The van der Waals surface area contributed by atoms with Crippen molar-refractivity contribution in [3.05, 3.63) is 18.0 Å². The van der Waals surface area contributed by atoms with Crippen LogP contribution in [-0.2, 0) is 11.2 Å². The van der Waals surface area contributed by atoms with E-state index in [0.29, 0.717) is 24.5 Å². The van der Waals surface area contributed by atoms with Gasteiger partial charge < -0.3 is 4.90 Å². The van der Waals surface area contributed by atoms with E-state index in [1.54, 1.807) is 15.8 Å². The number of rotatable bonds is 10. The van der Waals surface area contributed by atoms with Gasteiger partial charge in [0, 0.05) is 37.9 Å². The van der Waals surface area contributed by atoms with Crippen molar-refractivity contribution in [3.8, 4) is 0 Å². The fourth-order valence-corrected chi connectivity index (χ4v) is 3.58. The van der Waals surface area contributed by atoms with Gasteiger partial charge in [-0.1, -0.05) is 13.0 Å². The molecular formula is C18H26F2N4OS. The number of anilines is 1. The molecule has 1 aromatic rings. The quantitative estimate of drug-likeness (QED) is 0.575. The summed E-state index contributed by atoms with van der Waals surface area (Å²) >= 11 is 1.40. The minimum absolute atomic E-state index is 0.00223. The lowest BCUT2D eigenvalue weighted by atomic mass is 10.2. The number of carbonyl (C=O) groups excluding carboxylic acids is 1. The van der Waals surface area contributed by atoms with Gasteiger partial charge in [0.25, 0.3) is 0 Å². The maximum atomic E-state index is 12.6. The summed E-state index contributed by atoms with van der Waals surface area (Å²) in [4.78, 5) is 18.6. The smallest absolute Gasteiger partial charge is 0.239 e.